The second-order valence-electron chi connectivity index (χ2n) is 3.12. The van der Waals surface area contributed by atoms with Crippen molar-refractivity contribution < 1.29 is 14.4 Å². The maximum Gasteiger partial charge on any atom is 0.347 e. The molecular formula is C9H9N3O3S. The molecule has 16 heavy (non-hydrogen) atoms. The molecule has 0 aromatic carbocycles. The molecule has 0 bridgehead atoms. The Morgan fingerprint density at radius 1 is 1.69 bits per heavy atom. The number of aryl methyl sites for hydroxylation is 1. The molecule has 6 nitrogen and oxygen atoms in total. The molecule has 0 unspecified atom stereocenters. The molecule has 84 valence electrons. The molecule has 0 amide bonds. The van der Waals surface area contributed by atoms with Gasteiger partial charge in [-0.25, -0.2) is 9.78 Å². The Hall–Kier alpha value is -1.89. The molecule has 0 spiro atoms. The normalized spacial score (nSPS) is 10.3. The van der Waals surface area contributed by atoms with E-state index in [2.05, 4.69) is 15.5 Å². The largest absolute Gasteiger partial charge is 0.477 e. The fourth-order valence-corrected chi connectivity index (χ4v) is 1.77. The molecule has 0 saturated carbocycles. The van der Waals surface area contributed by atoms with Crippen LogP contribution in [-0.2, 0) is 6.54 Å². The summed E-state index contributed by atoms with van der Waals surface area (Å²) < 4.78 is 4.90. The van der Waals surface area contributed by atoms with Crippen LogP contribution in [0.1, 0.15) is 21.1 Å². The number of thiazole rings is 1. The molecule has 0 aliphatic heterocycles. The Morgan fingerprint density at radius 3 is 3.06 bits per heavy atom. The number of hydrogen-bond donors (Lipinski definition) is 2. The lowest BCUT2D eigenvalue weighted by atomic mass is 10.4. The number of aromatic carboxylic acids is 1. The lowest BCUT2D eigenvalue weighted by Crippen LogP contribution is -1.98. The molecule has 7 heteroatoms. The number of hydrogen-bond acceptors (Lipinski definition) is 6. The maximum absolute atomic E-state index is 10.6. The summed E-state index contributed by atoms with van der Waals surface area (Å²) in [4.78, 5) is 14.7. The molecular weight excluding hydrogens is 230 g/mol. The number of nitrogens with zero attached hydrogens (tertiary/aromatic N) is 2. The van der Waals surface area contributed by atoms with Crippen molar-refractivity contribution in [1.29, 1.82) is 0 Å². The highest BCUT2D eigenvalue weighted by molar-refractivity contribution is 7.17. The fraction of sp³-hybridized carbons (Fsp3) is 0.222. The molecule has 2 N–H and O–H groups in total. The van der Waals surface area contributed by atoms with Crippen LogP contribution in [0.4, 0.5) is 5.13 Å². The average molecular weight is 239 g/mol. The van der Waals surface area contributed by atoms with Crippen molar-refractivity contribution in [3.8, 4) is 0 Å². The summed E-state index contributed by atoms with van der Waals surface area (Å²) in [6.45, 7) is 2.27. The van der Waals surface area contributed by atoms with Gasteiger partial charge in [-0.1, -0.05) is 16.5 Å². The zero-order chi connectivity index (χ0) is 11.5. The smallest absolute Gasteiger partial charge is 0.347 e. The van der Waals surface area contributed by atoms with E-state index in [1.54, 1.807) is 6.07 Å². The third-order valence-corrected chi connectivity index (χ3v) is 2.76. The van der Waals surface area contributed by atoms with Crippen LogP contribution < -0.4 is 5.32 Å². The van der Waals surface area contributed by atoms with E-state index in [0.717, 1.165) is 22.8 Å². The van der Waals surface area contributed by atoms with Crippen molar-refractivity contribution in [2.75, 3.05) is 5.32 Å². The average Bonchev–Trinajstić information content (AvgIpc) is 2.83. The lowest BCUT2D eigenvalue weighted by molar-refractivity contribution is 0.0702. The van der Waals surface area contributed by atoms with Gasteiger partial charge in [0.05, 0.1) is 12.7 Å². The van der Waals surface area contributed by atoms with Crippen molar-refractivity contribution in [3.05, 3.63) is 28.6 Å². The number of carboxylic acid groups (broad SMARTS) is 1. The van der Waals surface area contributed by atoms with Crippen LogP contribution in [0.2, 0.25) is 0 Å². The molecule has 0 aliphatic rings. The maximum atomic E-state index is 10.6. The van der Waals surface area contributed by atoms with Gasteiger partial charge in [0.1, 0.15) is 16.3 Å². The van der Waals surface area contributed by atoms with Crippen molar-refractivity contribution in [2.45, 2.75) is 13.5 Å². The summed E-state index contributed by atoms with van der Waals surface area (Å²) in [6, 6.07) is 1.80. The van der Waals surface area contributed by atoms with Gasteiger partial charge in [-0.15, -0.1) is 0 Å². The highest BCUT2D eigenvalue weighted by Gasteiger charge is 2.08. The molecule has 2 heterocycles. The molecule has 0 aliphatic carbocycles. The quantitative estimate of drug-likeness (QED) is 0.845. The van der Waals surface area contributed by atoms with E-state index in [-0.39, 0.29) is 4.88 Å². The molecule has 2 aromatic heterocycles. The summed E-state index contributed by atoms with van der Waals surface area (Å²) in [6.07, 6.45) is 1.32. The number of carbonyl (C=O) groups is 1. The zero-order valence-electron chi connectivity index (χ0n) is 8.43. The van der Waals surface area contributed by atoms with Gasteiger partial charge in [0, 0.05) is 6.07 Å². The van der Waals surface area contributed by atoms with Crippen LogP contribution in [0, 0.1) is 6.92 Å². The van der Waals surface area contributed by atoms with Crippen LogP contribution in [0.5, 0.6) is 0 Å². The van der Waals surface area contributed by atoms with E-state index < -0.39 is 5.97 Å². The van der Waals surface area contributed by atoms with Crippen LogP contribution in [-0.4, -0.2) is 21.2 Å². The standard InChI is InChI=1S/C9H9N3O3S/c1-5-2-6(12-15-5)3-10-9-11-4-7(16-9)8(13)14/h2,4H,3H2,1H3,(H,10,11)(H,13,14). The summed E-state index contributed by atoms with van der Waals surface area (Å²) in [5, 5.41) is 16.0. The Kier molecular flexibility index (Phi) is 2.86. The van der Waals surface area contributed by atoms with Crippen LogP contribution >= 0.6 is 11.3 Å². The topological polar surface area (TPSA) is 88.2 Å². The molecule has 2 aromatic rings. The first-order valence-electron chi connectivity index (χ1n) is 4.50. The third-order valence-electron chi connectivity index (χ3n) is 1.81. The first-order chi connectivity index (χ1) is 7.65. The summed E-state index contributed by atoms with van der Waals surface area (Å²) in [5.41, 5.74) is 0.754. The van der Waals surface area contributed by atoms with E-state index in [1.165, 1.54) is 6.20 Å². The van der Waals surface area contributed by atoms with Crippen molar-refractivity contribution in [3.63, 3.8) is 0 Å². The van der Waals surface area contributed by atoms with Gasteiger partial charge in [-0.2, -0.15) is 0 Å². The SMILES string of the molecule is Cc1cc(CNc2ncc(C(=O)O)s2)no1. The molecule has 0 saturated heterocycles. The number of rotatable bonds is 4. The minimum absolute atomic E-state index is 0.207. The predicted octanol–water partition coefficient (Wildman–Crippen LogP) is 1.75. The Labute approximate surface area is 94.9 Å². The van der Waals surface area contributed by atoms with Crippen LogP contribution in [0.25, 0.3) is 0 Å². The van der Waals surface area contributed by atoms with Gasteiger partial charge in [0.15, 0.2) is 5.13 Å². The summed E-state index contributed by atoms with van der Waals surface area (Å²) >= 11 is 1.09. The molecule has 2 rings (SSSR count). The number of aromatic nitrogens is 2. The summed E-state index contributed by atoms with van der Waals surface area (Å²) in [5.74, 6) is -0.231. The van der Waals surface area contributed by atoms with E-state index in [1.807, 2.05) is 6.92 Å². The fourth-order valence-electron chi connectivity index (χ4n) is 1.12. The second kappa shape index (κ2) is 4.31. The molecule has 0 atom stereocenters. The first kappa shape index (κ1) is 10.6. The highest BCUT2D eigenvalue weighted by Crippen LogP contribution is 2.18. The van der Waals surface area contributed by atoms with Crippen molar-refractivity contribution in [1.82, 2.24) is 10.1 Å². The Morgan fingerprint density at radius 2 is 2.50 bits per heavy atom. The van der Waals surface area contributed by atoms with Crippen LogP contribution in [0.3, 0.4) is 0 Å². The number of carboxylic acids is 1. The third kappa shape index (κ3) is 2.37. The van der Waals surface area contributed by atoms with E-state index in [0.29, 0.717) is 11.7 Å². The number of nitrogens with one attached hydrogen (secondary N) is 1. The van der Waals surface area contributed by atoms with Gasteiger partial charge in [-0.05, 0) is 6.92 Å². The second-order valence-corrected chi connectivity index (χ2v) is 4.15. The Bertz CT molecular complexity index is 506. The minimum Gasteiger partial charge on any atom is -0.477 e. The zero-order valence-corrected chi connectivity index (χ0v) is 9.24. The van der Waals surface area contributed by atoms with Gasteiger partial charge >= 0.3 is 5.97 Å². The van der Waals surface area contributed by atoms with Crippen LogP contribution in [0.15, 0.2) is 16.8 Å². The van der Waals surface area contributed by atoms with Gasteiger partial charge < -0.3 is 14.9 Å². The van der Waals surface area contributed by atoms with Crippen molar-refractivity contribution in [2.24, 2.45) is 0 Å². The predicted molar refractivity (Wildman–Crippen MR) is 57.6 cm³/mol. The summed E-state index contributed by atoms with van der Waals surface area (Å²) in [7, 11) is 0. The number of anilines is 1. The molecule has 0 fully saturated rings. The minimum atomic E-state index is -0.970. The monoisotopic (exact) mass is 239 g/mol. The first-order valence-corrected chi connectivity index (χ1v) is 5.32. The van der Waals surface area contributed by atoms with Crippen molar-refractivity contribution >= 4 is 22.4 Å². The highest BCUT2D eigenvalue weighted by atomic mass is 32.1. The van der Waals surface area contributed by atoms with E-state index in [4.69, 9.17) is 9.63 Å². The Balaban J connectivity index is 1.97. The lowest BCUT2D eigenvalue weighted by Gasteiger charge is -1.96. The van der Waals surface area contributed by atoms with Gasteiger partial charge in [0.25, 0.3) is 0 Å². The van der Waals surface area contributed by atoms with Gasteiger partial charge in [-0.3, -0.25) is 0 Å². The van der Waals surface area contributed by atoms with E-state index >= 15 is 0 Å². The van der Waals surface area contributed by atoms with E-state index in [9.17, 15) is 4.79 Å². The molecule has 0 radical (unpaired) electrons. The van der Waals surface area contributed by atoms with Gasteiger partial charge in [0.2, 0.25) is 0 Å².